The molecule has 0 fully saturated rings. The van der Waals surface area contributed by atoms with E-state index in [9.17, 15) is 22.4 Å². The van der Waals surface area contributed by atoms with Gasteiger partial charge in [-0.15, -0.1) is 0 Å². The molecule has 1 atom stereocenters. The van der Waals surface area contributed by atoms with Crippen LogP contribution in [0.1, 0.15) is 25.0 Å². The molecule has 0 aromatic heterocycles. The van der Waals surface area contributed by atoms with Crippen LogP contribution in [0.15, 0.2) is 78.9 Å². The Labute approximate surface area is 229 Å². The maximum atomic E-state index is 14.7. The van der Waals surface area contributed by atoms with Gasteiger partial charge in [0.05, 0.1) is 19.1 Å². The van der Waals surface area contributed by atoms with Gasteiger partial charge in [0.15, 0.2) is 0 Å². The summed E-state index contributed by atoms with van der Waals surface area (Å²) >= 11 is 0. The number of nitrogens with zero attached hydrogens (tertiary/aromatic N) is 2. The number of methoxy groups -OCH3 is 1. The lowest BCUT2D eigenvalue weighted by Gasteiger charge is -2.34. The lowest BCUT2D eigenvalue weighted by molar-refractivity contribution is -0.140. The van der Waals surface area contributed by atoms with Gasteiger partial charge in [0, 0.05) is 24.6 Å². The zero-order valence-electron chi connectivity index (χ0n) is 22.5. The minimum Gasteiger partial charge on any atom is -0.497 e. The van der Waals surface area contributed by atoms with E-state index >= 15 is 0 Å². The minimum absolute atomic E-state index is 0.154. The Morgan fingerprint density at radius 1 is 0.949 bits per heavy atom. The Morgan fingerprint density at radius 3 is 2.13 bits per heavy atom. The Kier molecular flexibility index (Phi) is 10.1. The first-order chi connectivity index (χ1) is 18.5. The van der Waals surface area contributed by atoms with Gasteiger partial charge in [-0.05, 0) is 49.7 Å². The van der Waals surface area contributed by atoms with Crippen molar-refractivity contribution in [3.05, 3.63) is 95.8 Å². The first-order valence-corrected chi connectivity index (χ1v) is 14.3. The molecule has 10 heteroatoms. The molecule has 8 nitrogen and oxygen atoms in total. The second-order valence-corrected chi connectivity index (χ2v) is 11.4. The van der Waals surface area contributed by atoms with Crippen molar-refractivity contribution in [1.29, 1.82) is 0 Å². The third kappa shape index (κ3) is 8.28. The highest BCUT2D eigenvalue weighted by molar-refractivity contribution is 7.92. The predicted molar refractivity (Wildman–Crippen MR) is 149 cm³/mol. The SMILES string of the molecule is COc1ccc(N(CC(=O)N(Cc2ccccc2F)C(Cc2ccccc2)C(=O)NC(C)C)S(C)(=O)=O)cc1. The molecule has 0 spiro atoms. The number of amides is 2. The quantitative estimate of drug-likeness (QED) is 0.367. The van der Waals surface area contributed by atoms with Crippen LogP contribution in [0, 0.1) is 5.82 Å². The number of hydrogen-bond donors (Lipinski definition) is 1. The molecule has 3 aromatic rings. The van der Waals surface area contributed by atoms with Gasteiger partial charge in [0.25, 0.3) is 0 Å². The van der Waals surface area contributed by atoms with Crippen molar-refractivity contribution in [1.82, 2.24) is 10.2 Å². The van der Waals surface area contributed by atoms with E-state index in [1.165, 1.54) is 42.3 Å². The molecule has 0 radical (unpaired) electrons. The number of rotatable bonds is 12. The van der Waals surface area contributed by atoms with E-state index in [2.05, 4.69) is 5.32 Å². The zero-order chi connectivity index (χ0) is 28.6. The Balaban J connectivity index is 2.05. The van der Waals surface area contributed by atoms with Crippen LogP contribution in [0.2, 0.25) is 0 Å². The summed E-state index contributed by atoms with van der Waals surface area (Å²) in [6, 6.07) is 20.1. The Hall–Kier alpha value is -3.92. The number of sulfonamides is 1. The smallest absolute Gasteiger partial charge is 0.244 e. The number of halogens is 1. The lowest BCUT2D eigenvalue weighted by Crippen LogP contribution is -2.54. The zero-order valence-corrected chi connectivity index (χ0v) is 23.3. The van der Waals surface area contributed by atoms with Gasteiger partial charge < -0.3 is 15.0 Å². The van der Waals surface area contributed by atoms with Crippen LogP contribution < -0.4 is 14.4 Å². The van der Waals surface area contributed by atoms with E-state index in [-0.39, 0.29) is 30.3 Å². The fourth-order valence-corrected chi connectivity index (χ4v) is 4.96. The highest BCUT2D eigenvalue weighted by atomic mass is 32.2. The Bertz CT molecular complexity index is 1370. The summed E-state index contributed by atoms with van der Waals surface area (Å²) in [5.41, 5.74) is 1.25. The summed E-state index contributed by atoms with van der Waals surface area (Å²) in [6.07, 6.45) is 1.15. The van der Waals surface area contributed by atoms with E-state index in [1.807, 2.05) is 30.3 Å². The topological polar surface area (TPSA) is 96.0 Å². The third-order valence-electron chi connectivity index (χ3n) is 6.04. The molecule has 3 aromatic carbocycles. The van der Waals surface area contributed by atoms with Crippen LogP contribution in [-0.4, -0.2) is 57.1 Å². The van der Waals surface area contributed by atoms with Crippen LogP contribution in [0.3, 0.4) is 0 Å². The van der Waals surface area contributed by atoms with Crippen molar-refractivity contribution in [3.8, 4) is 5.75 Å². The van der Waals surface area contributed by atoms with Crippen LogP contribution in [0.4, 0.5) is 10.1 Å². The maximum absolute atomic E-state index is 14.7. The third-order valence-corrected chi connectivity index (χ3v) is 7.18. The predicted octanol–water partition coefficient (Wildman–Crippen LogP) is 3.77. The first kappa shape index (κ1) is 29.6. The molecule has 1 unspecified atom stereocenters. The molecule has 0 aliphatic carbocycles. The average molecular weight is 556 g/mol. The van der Waals surface area contributed by atoms with Crippen LogP contribution in [-0.2, 0) is 32.6 Å². The molecule has 3 rings (SSSR count). The molecule has 208 valence electrons. The van der Waals surface area contributed by atoms with E-state index in [1.54, 1.807) is 32.0 Å². The number of carbonyl (C=O) groups excluding carboxylic acids is 2. The normalized spacial score (nSPS) is 12.1. The van der Waals surface area contributed by atoms with E-state index in [4.69, 9.17) is 4.74 Å². The van der Waals surface area contributed by atoms with Gasteiger partial charge in [-0.2, -0.15) is 0 Å². The number of hydrogen-bond acceptors (Lipinski definition) is 5. The van der Waals surface area contributed by atoms with Gasteiger partial charge in [0.2, 0.25) is 21.8 Å². The van der Waals surface area contributed by atoms with Crippen LogP contribution in [0.5, 0.6) is 5.75 Å². The number of anilines is 1. The molecule has 0 aliphatic rings. The van der Waals surface area contributed by atoms with Gasteiger partial charge in [-0.1, -0.05) is 48.5 Å². The fraction of sp³-hybridized carbons (Fsp3) is 0.310. The monoisotopic (exact) mass is 555 g/mol. The molecule has 2 amide bonds. The van der Waals surface area contributed by atoms with Crippen LogP contribution in [0.25, 0.3) is 0 Å². The number of benzene rings is 3. The van der Waals surface area contributed by atoms with Crippen molar-refractivity contribution >= 4 is 27.5 Å². The van der Waals surface area contributed by atoms with E-state index < -0.39 is 40.2 Å². The molecule has 0 bridgehead atoms. The molecule has 1 N–H and O–H groups in total. The summed E-state index contributed by atoms with van der Waals surface area (Å²) in [4.78, 5) is 28.6. The second-order valence-electron chi connectivity index (χ2n) is 9.45. The minimum atomic E-state index is -3.90. The second kappa shape index (κ2) is 13.2. The van der Waals surface area contributed by atoms with Crippen molar-refractivity contribution in [2.24, 2.45) is 0 Å². The van der Waals surface area contributed by atoms with Crippen molar-refractivity contribution in [2.45, 2.75) is 38.9 Å². The van der Waals surface area contributed by atoms with Crippen molar-refractivity contribution < 1.29 is 27.1 Å². The molecule has 0 heterocycles. The molecule has 0 aliphatic heterocycles. The molecular weight excluding hydrogens is 521 g/mol. The summed E-state index contributed by atoms with van der Waals surface area (Å²) in [5.74, 6) is -1.09. The summed E-state index contributed by atoms with van der Waals surface area (Å²) in [6.45, 7) is 2.79. The van der Waals surface area contributed by atoms with E-state index in [0.29, 0.717) is 5.75 Å². The molecule has 39 heavy (non-hydrogen) atoms. The highest BCUT2D eigenvalue weighted by Gasteiger charge is 2.33. The number of nitrogens with one attached hydrogen (secondary N) is 1. The number of carbonyl (C=O) groups is 2. The van der Waals surface area contributed by atoms with Crippen LogP contribution >= 0.6 is 0 Å². The summed E-state index contributed by atoms with van der Waals surface area (Å²) in [7, 11) is -2.41. The summed E-state index contributed by atoms with van der Waals surface area (Å²) in [5, 5.41) is 2.85. The molecular formula is C29H34FN3O5S. The maximum Gasteiger partial charge on any atom is 0.244 e. The fourth-order valence-electron chi connectivity index (χ4n) is 4.11. The highest BCUT2D eigenvalue weighted by Crippen LogP contribution is 2.23. The molecule has 0 saturated carbocycles. The number of ether oxygens (including phenoxy) is 1. The first-order valence-electron chi connectivity index (χ1n) is 12.5. The van der Waals surface area contributed by atoms with Gasteiger partial charge in [-0.25, -0.2) is 12.8 Å². The largest absolute Gasteiger partial charge is 0.497 e. The standard InChI is InChI=1S/C29H34FN3O5S/c1-21(2)31-29(35)27(18-22-10-6-5-7-11-22)32(19-23-12-8-9-13-26(23)30)28(34)20-33(39(4,36)37)24-14-16-25(38-3)17-15-24/h5-17,21,27H,18-20H2,1-4H3,(H,31,35). The summed E-state index contributed by atoms with van der Waals surface area (Å²) < 4.78 is 46.4. The Morgan fingerprint density at radius 2 is 1.56 bits per heavy atom. The van der Waals surface area contributed by atoms with Crippen molar-refractivity contribution in [3.63, 3.8) is 0 Å². The van der Waals surface area contributed by atoms with Crippen molar-refractivity contribution in [2.75, 3.05) is 24.2 Å². The van der Waals surface area contributed by atoms with Gasteiger partial charge >= 0.3 is 0 Å². The van der Waals surface area contributed by atoms with E-state index in [0.717, 1.165) is 16.1 Å². The molecule has 0 saturated heterocycles. The average Bonchev–Trinajstić information content (AvgIpc) is 2.89. The van der Waals surface area contributed by atoms with Gasteiger partial charge in [0.1, 0.15) is 24.2 Å². The van der Waals surface area contributed by atoms with Gasteiger partial charge in [-0.3, -0.25) is 13.9 Å². The lowest BCUT2D eigenvalue weighted by atomic mass is 10.0.